The van der Waals surface area contributed by atoms with Gasteiger partial charge in [-0.25, -0.2) is 4.79 Å². The second kappa shape index (κ2) is 8.19. The van der Waals surface area contributed by atoms with Gasteiger partial charge in [0.25, 0.3) is 0 Å². The molecule has 0 aliphatic heterocycles. The molecular weight excluding hydrogens is 244 g/mol. The highest BCUT2D eigenvalue weighted by Crippen LogP contribution is 2.29. The second-order valence-corrected chi connectivity index (χ2v) is 4.07. The van der Waals surface area contributed by atoms with Crippen LogP contribution >= 0.6 is 0 Å². The summed E-state index contributed by atoms with van der Waals surface area (Å²) in [6, 6.07) is 5.41. The van der Waals surface area contributed by atoms with Crippen LogP contribution in [0.15, 0.2) is 24.3 Å². The summed E-state index contributed by atoms with van der Waals surface area (Å²) in [7, 11) is 0. The summed E-state index contributed by atoms with van der Waals surface area (Å²) in [5.74, 6) is 0.382. The molecule has 1 N–H and O–H groups in total. The standard InChI is InChI=1S/C15H20O4/c1-3-9-18-13-7-5-12(6-8-15(16)17)11-14(13)19-10-4-2/h5-8,11H,3-4,9-10H2,1-2H3,(H,16,17)/b8-6+. The molecule has 0 saturated heterocycles. The Bertz CT molecular complexity index is 438. The van der Waals surface area contributed by atoms with Gasteiger partial charge in [-0.05, 0) is 36.6 Å². The van der Waals surface area contributed by atoms with Gasteiger partial charge in [0.05, 0.1) is 13.2 Å². The molecular formula is C15H20O4. The van der Waals surface area contributed by atoms with Crippen LogP contribution in [0.5, 0.6) is 11.5 Å². The van der Waals surface area contributed by atoms with E-state index in [2.05, 4.69) is 0 Å². The van der Waals surface area contributed by atoms with Crippen molar-refractivity contribution in [3.8, 4) is 11.5 Å². The fraction of sp³-hybridized carbons (Fsp3) is 0.400. The van der Waals surface area contributed by atoms with Crippen LogP contribution in [0.4, 0.5) is 0 Å². The van der Waals surface area contributed by atoms with E-state index in [0.717, 1.165) is 24.5 Å². The van der Waals surface area contributed by atoms with Gasteiger partial charge in [0.2, 0.25) is 0 Å². The molecule has 0 saturated carbocycles. The summed E-state index contributed by atoms with van der Waals surface area (Å²) in [6.07, 6.45) is 4.46. The molecule has 0 heterocycles. The van der Waals surface area contributed by atoms with E-state index in [-0.39, 0.29) is 0 Å². The van der Waals surface area contributed by atoms with Crippen molar-refractivity contribution in [2.45, 2.75) is 26.7 Å². The summed E-state index contributed by atoms with van der Waals surface area (Å²) in [5, 5.41) is 8.61. The minimum Gasteiger partial charge on any atom is -0.490 e. The second-order valence-electron chi connectivity index (χ2n) is 4.07. The molecule has 0 spiro atoms. The van der Waals surface area contributed by atoms with E-state index in [1.165, 1.54) is 6.08 Å². The predicted octanol–water partition coefficient (Wildman–Crippen LogP) is 3.36. The molecule has 0 aromatic heterocycles. The number of aliphatic carboxylic acids is 1. The molecule has 0 aliphatic carbocycles. The molecule has 0 radical (unpaired) electrons. The van der Waals surface area contributed by atoms with Crippen molar-refractivity contribution in [3.63, 3.8) is 0 Å². The highest BCUT2D eigenvalue weighted by molar-refractivity contribution is 5.85. The molecule has 0 atom stereocenters. The van der Waals surface area contributed by atoms with Crippen molar-refractivity contribution in [3.05, 3.63) is 29.8 Å². The van der Waals surface area contributed by atoms with Crippen LogP contribution < -0.4 is 9.47 Å². The summed E-state index contributed by atoms with van der Waals surface area (Å²) in [5.41, 5.74) is 0.775. The highest BCUT2D eigenvalue weighted by Gasteiger charge is 2.05. The number of benzene rings is 1. The van der Waals surface area contributed by atoms with E-state index < -0.39 is 5.97 Å². The minimum absolute atomic E-state index is 0.606. The van der Waals surface area contributed by atoms with Gasteiger partial charge in [-0.15, -0.1) is 0 Å². The number of rotatable bonds is 8. The number of carboxylic acids is 1. The largest absolute Gasteiger partial charge is 0.490 e. The molecule has 19 heavy (non-hydrogen) atoms. The summed E-state index contributed by atoms with van der Waals surface area (Å²) < 4.78 is 11.2. The number of hydrogen-bond donors (Lipinski definition) is 1. The van der Waals surface area contributed by atoms with Crippen molar-refractivity contribution < 1.29 is 19.4 Å². The molecule has 4 nitrogen and oxygen atoms in total. The van der Waals surface area contributed by atoms with Crippen molar-refractivity contribution in [1.82, 2.24) is 0 Å². The molecule has 0 bridgehead atoms. The van der Waals surface area contributed by atoms with Gasteiger partial charge >= 0.3 is 5.97 Å². The van der Waals surface area contributed by atoms with Gasteiger partial charge in [-0.3, -0.25) is 0 Å². The quantitative estimate of drug-likeness (QED) is 0.731. The molecule has 4 heteroatoms. The lowest BCUT2D eigenvalue weighted by molar-refractivity contribution is -0.131. The monoisotopic (exact) mass is 264 g/mol. The average molecular weight is 264 g/mol. The van der Waals surface area contributed by atoms with Gasteiger partial charge in [0.15, 0.2) is 11.5 Å². The first-order chi connectivity index (χ1) is 9.17. The van der Waals surface area contributed by atoms with Crippen LogP contribution in [0.25, 0.3) is 6.08 Å². The number of carboxylic acid groups (broad SMARTS) is 1. The fourth-order valence-electron chi connectivity index (χ4n) is 1.45. The minimum atomic E-state index is -0.970. The maximum absolute atomic E-state index is 10.5. The normalized spacial score (nSPS) is 10.6. The zero-order chi connectivity index (χ0) is 14.1. The zero-order valence-electron chi connectivity index (χ0n) is 11.4. The molecule has 104 valence electrons. The SMILES string of the molecule is CCCOc1ccc(/C=C/C(=O)O)cc1OCCC. The Labute approximate surface area is 113 Å². The van der Waals surface area contributed by atoms with Crippen molar-refractivity contribution >= 4 is 12.0 Å². The van der Waals surface area contributed by atoms with Gasteiger partial charge in [-0.2, -0.15) is 0 Å². The molecule has 1 aromatic rings. The molecule has 1 rings (SSSR count). The molecule has 0 aliphatic rings. The Balaban J connectivity index is 2.89. The van der Waals surface area contributed by atoms with Crippen molar-refractivity contribution in [1.29, 1.82) is 0 Å². The summed E-state index contributed by atoms with van der Waals surface area (Å²) in [6.45, 7) is 5.30. The maximum Gasteiger partial charge on any atom is 0.328 e. The Morgan fingerprint density at radius 2 is 1.79 bits per heavy atom. The van der Waals surface area contributed by atoms with Crippen LogP contribution in [0, 0.1) is 0 Å². The first-order valence-electron chi connectivity index (χ1n) is 6.48. The van der Waals surface area contributed by atoms with Crippen LogP contribution in [0.3, 0.4) is 0 Å². The van der Waals surface area contributed by atoms with Crippen molar-refractivity contribution in [2.24, 2.45) is 0 Å². The van der Waals surface area contributed by atoms with E-state index in [1.807, 2.05) is 26.0 Å². The van der Waals surface area contributed by atoms with Gasteiger partial charge in [0.1, 0.15) is 0 Å². The third-order valence-electron chi connectivity index (χ3n) is 2.31. The maximum atomic E-state index is 10.5. The average Bonchev–Trinajstić information content (AvgIpc) is 2.41. The molecule has 1 aromatic carbocycles. The Morgan fingerprint density at radius 3 is 2.37 bits per heavy atom. The Hall–Kier alpha value is -1.97. The number of hydrogen-bond acceptors (Lipinski definition) is 3. The van der Waals surface area contributed by atoms with Crippen LogP contribution in [0.2, 0.25) is 0 Å². The first kappa shape index (κ1) is 15.1. The van der Waals surface area contributed by atoms with Crippen molar-refractivity contribution in [2.75, 3.05) is 13.2 Å². The lowest BCUT2D eigenvalue weighted by Crippen LogP contribution is -2.01. The van der Waals surface area contributed by atoms with E-state index in [4.69, 9.17) is 14.6 Å². The predicted molar refractivity (Wildman–Crippen MR) is 74.7 cm³/mol. The topological polar surface area (TPSA) is 55.8 Å². The van der Waals surface area contributed by atoms with Gasteiger partial charge in [-0.1, -0.05) is 19.9 Å². The van der Waals surface area contributed by atoms with Crippen LogP contribution in [0.1, 0.15) is 32.3 Å². The molecule has 0 amide bonds. The van der Waals surface area contributed by atoms with Crippen LogP contribution in [-0.4, -0.2) is 24.3 Å². The molecule has 0 fully saturated rings. The molecule has 0 unspecified atom stereocenters. The number of carbonyl (C=O) groups is 1. The highest BCUT2D eigenvalue weighted by atomic mass is 16.5. The number of ether oxygens (including phenoxy) is 2. The third kappa shape index (κ3) is 5.46. The summed E-state index contributed by atoms with van der Waals surface area (Å²) in [4.78, 5) is 10.5. The first-order valence-corrected chi connectivity index (χ1v) is 6.48. The van der Waals surface area contributed by atoms with E-state index in [1.54, 1.807) is 6.07 Å². The fourth-order valence-corrected chi connectivity index (χ4v) is 1.45. The summed E-state index contributed by atoms with van der Waals surface area (Å²) >= 11 is 0. The van der Waals surface area contributed by atoms with E-state index in [0.29, 0.717) is 24.7 Å². The smallest absolute Gasteiger partial charge is 0.328 e. The lowest BCUT2D eigenvalue weighted by Gasteiger charge is -2.12. The third-order valence-corrected chi connectivity index (χ3v) is 2.31. The Kier molecular flexibility index (Phi) is 6.50. The lowest BCUT2D eigenvalue weighted by atomic mass is 10.2. The van der Waals surface area contributed by atoms with E-state index in [9.17, 15) is 4.79 Å². The Morgan fingerprint density at radius 1 is 1.16 bits per heavy atom. The zero-order valence-corrected chi connectivity index (χ0v) is 11.4. The van der Waals surface area contributed by atoms with Gasteiger partial charge in [0, 0.05) is 6.08 Å². The van der Waals surface area contributed by atoms with Crippen LogP contribution in [-0.2, 0) is 4.79 Å². The van der Waals surface area contributed by atoms with Gasteiger partial charge < -0.3 is 14.6 Å². The van der Waals surface area contributed by atoms with E-state index >= 15 is 0 Å².